The van der Waals surface area contributed by atoms with Gasteiger partial charge in [0.15, 0.2) is 0 Å². The minimum Gasteiger partial charge on any atom is -0.330 e. The summed E-state index contributed by atoms with van der Waals surface area (Å²) in [5.74, 6) is 1.89. The standard InChI is InChI=1S/C9H19N/c1-2-8(7-10)3-4-9-5-6-9/h8-9H,2-7,10H2,1H3. The number of hydrogen-bond acceptors (Lipinski definition) is 1. The summed E-state index contributed by atoms with van der Waals surface area (Å²) in [6.45, 7) is 3.13. The zero-order chi connectivity index (χ0) is 7.40. The third-order valence-electron chi connectivity index (χ3n) is 2.59. The first kappa shape index (κ1) is 8.06. The highest BCUT2D eigenvalue weighted by Crippen LogP contribution is 2.34. The second-order valence-electron chi connectivity index (χ2n) is 3.53. The highest BCUT2D eigenvalue weighted by Gasteiger charge is 2.21. The van der Waals surface area contributed by atoms with Crippen LogP contribution in [0.4, 0.5) is 0 Å². The smallest absolute Gasteiger partial charge is 0.00490 e. The van der Waals surface area contributed by atoms with Crippen LogP contribution in [0.15, 0.2) is 0 Å². The molecule has 1 aliphatic carbocycles. The van der Waals surface area contributed by atoms with Gasteiger partial charge in [0.2, 0.25) is 0 Å². The average molecular weight is 141 g/mol. The normalized spacial score (nSPS) is 21.0. The molecule has 1 unspecified atom stereocenters. The Kier molecular flexibility index (Phi) is 3.20. The van der Waals surface area contributed by atoms with Gasteiger partial charge in [0.25, 0.3) is 0 Å². The zero-order valence-electron chi connectivity index (χ0n) is 6.97. The van der Waals surface area contributed by atoms with Crippen molar-refractivity contribution in [2.24, 2.45) is 17.6 Å². The third-order valence-corrected chi connectivity index (χ3v) is 2.59. The van der Waals surface area contributed by atoms with E-state index in [0.29, 0.717) is 0 Å². The fourth-order valence-electron chi connectivity index (χ4n) is 1.37. The summed E-state index contributed by atoms with van der Waals surface area (Å²) in [6.07, 6.45) is 7.05. The Morgan fingerprint density at radius 3 is 2.60 bits per heavy atom. The lowest BCUT2D eigenvalue weighted by molar-refractivity contribution is 0.449. The first-order chi connectivity index (χ1) is 4.86. The molecular weight excluding hydrogens is 122 g/mol. The molecule has 0 bridgehead atoms. The molecular formula is C9H19N. The van der Waals surface area contributed by atoms with E-state index in [0.717, 1.165) is 18.4 Å². The van der Waals surface area contributed by atoms with Crippen molar-refractivity contribution in [1.29, 1.82) is 0 Å². The molecule has 0 amide bonds. The van der Waals surface area contributed by atoms with Gasteiger partial charge in [-0.2, -0.15) is 0 Å². The van der Waals surface area contributed by atoms with Gasteiger partial charge in [-0.1, -0.05) is 32.6 Å². The van der Waals surface area contributed by atoms with Crippen molar-refractivity contribution < 1.29 is 0 Å². The lowest BCUT2D eigenvalue weighted by atomic mass is 9.99. The van der Waals surface area contributed by atoms with Crippen LogP contribution in [0, 0.1) is 11.8 Å². The number of nitrogens with two attached hydrogens (primary N) is 1. The van der Waals surface area contributed by atoms with E-state index in [9.17, 15) is 0 Å². The molecule has 0 radical (unpaired) electrons. The molecule has 10 heavy (non-hydrogen) atoms. The quantitative estimate of drug-likeness (QED) is 0.624. The Morgan fingerprint density at radius 1 is 1.50 bits per heavy atom. The second kappa shape index (κ2) is 3.97. The number of rotatable bonds is 5. The first-order valence-electron chi connectivity index (χ1n) is 4.56. The van der Waals surface area contributed by atoms with E-state index in [2.05, 4.69) is 6.92 Å². The maximum absolute atomic E-state index is 5.59. The Hall–Kier alpha value is -0.0400. The molecule has 1 aliphatic rings. The zero-order valence-corrected chi connectivity index (χ0v) is 6.97. The fraction of sp³-hybridized carbons (Fsp3) is 1.00. The summed E-state index contributed by atoms with van der Waals surface area (Å²) in [6, 6.07) is 0. The van der Waals surface area contributed by atoms with Gasteiger partial charge < -0.3 is 5.73 Å². The van der Waals surface area contributed by atoms with Crippen molar-refractivity contribution >= 4 is 0 Å². The van der Waals surface area contributed by atoms with Crippen molar-refractivity contribution in [2.45, 2.75) is 39.0 Å². The van der Waals surface area contributed by atoms with Crippen LogP contribution in [0.1, 0.15) is 39.0 Å². The van der Waals surface area contributed by atoms with Crippen molar-refractivity contribution in [2.75, 3.05) is 6.54 Å². The van der Waals surface area contributed by atoms with Gasteiger partial charge in [0.1, 0.15) is 0 Å². The second-order valence-corrected chi connectivity index (χ2v) is 3.53. The van der Waals surface area contributed by atoms with Crippen molar-refractivity contribution in [1.82, 2.24) is 0 Å². The molecule has 1 saturated carbocycles. The molecule has 0 aromatic heterocycles. The molecule has 2 N–H and O–H groups in total. The van der Waals surface area contributed by atoms with Gasteiger partial charge in [-0.3, -0.25) is 0 Å². The van der Waals surface area contributed by atoms with E-state index in [1.54, 1.807) is 0 Å². The molecule has 0 spiro atoms. The summed E-state index contributed by atoms with van der Waals surface area (Å²) in [7, 11) is 0. The van der Waals surface area contributed by atoms with Crippen LogP contribution in [0.5, 0.6) is 0 Å². The SMILES string of the molecule is CCC(CN)CCC1CC1. The van der Waals surface area contributed by atoms with Crippen LogP contribution < -0.4 is 5.73 Å². The molecule has 1 heteroatoms. The van der Waals surface area contributed by atoms with Crippen LogP contribution in [0.3, 0.4) is 0 Å². The Morgan fingerprint density at radius 2 is 2.20 bits per heavy atom. The van der Waals surface area contributed by atoms with Crippen LogP contribution in [0.2, 0.25) is 0 Å². The summed E-state index contributed by atoms with van der Waals surface area (Å²) >= 11 is 0. The lowest BCUT2D eigenvalue weighted by Crippen LogP contribution is -2.13. The van der Waals surface area contributed by atoms with E-state index < -0.39 is 0 Å². The molecule has 0 heterocycles. The molecule has 0 aromatic carbocycles. The highest BCUT2D eigenvalue weighted by molar-refractivity contribution is 4.74. The van der Waals surface area contributed by atoms with E-state index in [4.69, 9.17) is 5.73 Å². The topological polar surface area (TPSA) is 26.0 Å². The van der Waals surface area contributed by atoms with Crippen LogP contribution in [0.25, 0.3) is 0 Å². The maximum Gasteiger partial charge on any atom is -0.00490 e. The van der Waals surface area contributed by atoms with Gasteiger partial charge in [-0.15, -0.1) is 0 Å². The van der Waals surface area contributed by atoms with E-state index in [1.807, 2.05) is 0 Å². The highest BCUT2D eigenvalue weighted by atomic mass is 14.5. The molecule has 1 rings (SSSR count). The lowest BCUT2D eigenvalue weighted by Gasteiger charge is -2.10. The minimum absolute atomic E-state index is 0.806. The molecule has 0 saturated heterocycles. The fourth-order valence-corrected chi connectivity index (χ4v) is 1.37. The molecule has 0 aliphatic heterocycles. The predicted molar refractivity (Wildman–Crippen MR) is 44.8 cm³/mol. The first-order valence-corrected chi connectivity index (χ1v) is 4.56. The minimum atomic E-state index is 0.806. The number of hydrogen-bond donors (Lipinski definition) is 1. The predicted octanol–water partition coefficient (Wildman–Crippen LogP) is 2.16. The summed E-state index contributed by atoms with van der Waals surface area (Å²) in [5, 5.41) is 0. The summed E-state index contributed by atoms with van der Waals surface area (Å²) in [4.78, 5) is 0. The van der Waals surface area contributed by atoms with Crippen molar-refractivity contribution in [3.8, 4) is 0 Å². The Bertz CT molecular complexity index is 82.7. The molecule has 60 valence electrons. The molecule has 1 nitrogen and oxygen atoms in total. The summed E-state index contributed by atoms with van der Waals surface area (Å²) in [5.41, 5.74) is 5.59. The third kappa shape index (κ3) is 2.70. The van der Waals surface area contributed by atoms with E-state index >= 15 is 0 Å². The maximum atomic E-state index is 5.59. The summed E-state index contributed by atoms with van der Waals surface area (Å²) < 4.78 is 0. The molecule has 0 aromatic rings. The molecule has 1 atom stereocenters. The monoisotopic (exact) mass is 141 g/mol. The Labute approximate surface area is 64.0 Å². The van der Waals surface area contributed by atoms with Crippen LogP contribution in [-0.2, 0) is 0 Å². The van der Waals surface area contributed by atoms with Crippen LogP contribution >= 0.6 is 0 Å². The van der Waals surface area contributed by atoms with E-state index in [1.165, 1.54) is 32.1 Å². The van der Waals surface area contributed by atoms with Gasteiger partial charge >= 0.3 is 0 Å². The van der Waals surface area contributed by atoms with Gasteiger partial charge in [-0.05, 0) is 24.8 Å². The van der Waals surface area contributed by atoms with Gasteiger partial charge in [0, 0.05) is 0 Å². The van der Waals surface area contributed by atoms with Crippen molar-refractivity contribution in [3.05, 3.63) is 0 Å². The molecule has 1 fully saturated rings. The largest absolute Gasteiger partial charge is 0.330 e. The average Bonchev–Trinajstić information content (AvgIpc) is 2.74. The van der Waals surface area contributed by atoms with Crippen molar-refractivity contribution in [3.63, 3.8) is 0 Å². The van der Waals surface area contributed by atoms with E-state index in [-0.39, 0.29) is 0 Å². The van der Waals surface area contributed by atoms with Gasteiger partial charge in [0.05, 0.1) is 0 Å². The van der Waals surface area contributed by atoms with Gasteiger partial charge in [-0.25, -0.2) is 0 Å². The van der Waals surface area contributed by atoms with Crippen LogP contribution in [-0.4, -0.2) is 6.54 Å². The Balaban J connectivity index is 1.97.